The summed E-state index contributed by atoms with van der Waals surface area (Å²) in [4.78, 5) is 13.4. The normalized spacial score (nSPS) is 9.23. The third-order valence-corrected chi connectivity index (χ3v) is 2.26. The summed E-state index contributed by atoms with van der Waals surface area (Å²) in [5, 5.41) is 18.8. The van der Waals surface area contributed by atoms with E-state index in [2.05, 4.69) is 20.9 Å². The molecule has 0 bridgehead atoms. The highest BCUT2D eigenvalue weighted by Gasteiger charge is 2.15. The Morgan fingerprint density at radius 1 is 1.77 bits per heavy atom. The molecule has 0 radical (unpaired) electrons. The minimum atomic E-state index is -0.592. The van der Waals surface area contributed by atoms with Crippen molar-refractivity contribution in [3.8, 4) is 6.07 Å². The zero-order valence-corrected chi connectivity index (χ0v) is 7.98. The number of halogens is 1. The van der Waals surface area contributed by atoms with Crippen LogP contribution in [0.25, 0.3) is 0 Å². The molecule has 1 aromatic rings. The predicted octanol–water partition coefficient (Wildman–Crippen LogP) is 1.82. The summed E-state index contributed by atoms with van der Waals surface area (Å²) >= 11 is 3.03. The molecule has 1 rings (SSSR count). The van der Waals surface area contributed by atoms with E-state index in [1.807, 2.05) is 6.07 Å². The van der Waals surface area contributed by atoms with E-state index in [1.165, 1.54) is 6.20 Å². The molecule has 0 N–H and O–H groups in total. The van der Waals surface area contributed by atoms with Crippen molar-refractivity contribution in [1.29, 1.82) is 5.26 Å². The lowest BCUT2D eigenvalue weighted by atomic mass is 10.2. The SMILES string of the molecule is N#CCc1ccnc([N+](=O)[O-])c1Br. The molecule has 0 aliphatic rings. The van der Waals surface area contributed by atoms with Gasteiger partial charge in [0.1, 0.15) is 10.7 Å². The standard InChI is InChI=1S/C7H4BrN3O2/c8-6-5(1-3-9)2-4-10-7(6)11(12)13/h2,4H,1H2. The molecule has 0 aromatic carbocycles. The van der Waals surface area contributed by atoms with Crippen LogP contribution >= 0.6 is 15.9 Å². The maximum absolute atomic E-state index is 10.4. The minimum absolute atomic E-state index is 0.129. The van der Waals surface area contributed by atoms with Crippen LogP contribution in [0.1, 0.15) is 5.56 Å². The number of rotatable bonds is 2. The van der Waals surface area contributed by atoms with E-state index in [0.29, 0.717) is 5.56 Å². The first-order valence-corrected chi connectivity index (χ1v) is 4.11. The maximum atomic E-state index is 10.4. The Morgan fingerprint density at radius 2 is 2.46 bits per heavy atom. The maximum Gasteiger partial charge on any atom is 0.378 e. The van der Waals surface area contributed by atoms with Crippen LogP contribution in [0, 0.1) is 21.4 Å². The fraction of sp³-hybridized carbons (Fsp3) is 0.143. The van der Waals surface area contributed by atoms with Crippen LogP contribution in [0.2, 0.25) is 0 Å². The van der Waals surface area contributed by atoms with Gasteiger partial charge in [-0.15, -0.1) is 0 Å². The largest absolute Gasteiger partial charge is 0.378 e. The van der Waals surface area contributed by atoms with E-state index in [1.54, 1.807) is 6.07 Å². The lowest BCUT2D eigenvalue weighted by molar-refractivity contribution is -0.390. The molecule has 0 atom stereocenters. The lowest BCUT2D eigenvalue weighted by Crippen LogP contribution is -1.96. The van der Waals surface area contributed by atoms with E-state index in [0.717, 1.165) is 0 Å². The zero-order valence-electron chi connectivity index (χ0n) is 6.40. The molecule has 0 aliphatic heterocycles. The van der Waals surface area contributed by atoms with Crippen LogP contribution in [0.4, 0.5) is 5.82 Å². The van der Waals surface area contributed by atoms with Gasteiger partial charge in [-0.2, -0.15) is 5.26 Å². The summed E-state index contributed by atoms with van der Waals surface area (Å²) in [6.07, 6.45) is 1.44. The molecule has 6 heteroatoms. The highest BCUT2D eigenvalue weighted by atomic mass is 79.9. The van der Waals surface area contributed by atoms with Gasteiger partial charge < -0.3 is 10.1 Å². The number of nitro groups is 1. The molecule has 66 valence electrons. The molecule has 0 amide bonds. The summed E-state index contributed by atoms with van der Waals surface area (Å²) < 4.78 is 0.279. The Hall–Kier alpha value is -1.48. The fourth-order valence-electron chi connectivity index (χ4n) is 0.820. The van der Waals surface area contributed by atoms with Gasteiger partial charge in [0.25, 0.3) is 0 Å². The van der Waals surface area contributed by atoms with Crippen LogP contribution in [0.5, 0.6) is 0 Å². The smallest absolute Gasteiger partial charge is 0.358 e. The van der Waals surface area contributed by atoms with E-state index < -0.39 is 4.92 Å². The first kappa shape index (κ1) is 9.61. The molecular formula is C7H4BrN3O2. The summed E-state index contributed by atoms with van der Waals surface area (Å²) in [6, 6.07) is 3.48. The van der Waals surface area contributed by atoms with Crippen molar-refractivity contribution in [3.63, 3.8) is 0 Å². The molecule has 0 aliphatic carbocycles. The van der Waals surface area contributed by atoms with E-state index in [4.69, 9.17) is 5.26 Å². The molecule has 0 fully saturated rings. The first-order chi connectivity index (χ1) is 6.16. The van der Waals surface area contributed by atoms with Crippen LogP contribution in [0.15, 0.2) is 16.7 Å². The Morgan fingerprint density at radius 3 is 3.00 bits per heavy atom. The van der Waals surface area contributed by atoms with Gasteiger partial charge in [-0.25, -0.2) is 0 Å². The fourth-order valence-corrected chi connectivity index (χ4v) is 1.34. The van der Waals surface area contributed by atoms with Gasteiger partial charge in [-0.05, 0) is 37.5 Å². The van der Waals surface area contributed by atoms with Crippen molar-refractivity contribution in [2.75, 3.05) is 0 Å². The average Bonchev–Trinajstić information content (AvgIpc) is 2.08. The van der Waals surface area contributed by atoms with Crippen LogP contribution in [0.3, 0.4) is 0 Å². The Bertz CT molecular complexity index is 386. The zero-order chi connectivity index (χ0) is 9.84. The second-order valence-electron chi connectivity index (χ2n) is 2.20. The second-order valence-corrected chi connectivity index (χ2v) is 2.99. The number of nitriles is 1. The minimum Gasteiger partial charge on any atom is -0.358 e. The topological polar surface area (TPSA) is 79.8 Å². The lowest BCUT2D eigenvalue weighted by Gasteiger charge is -1.98. The van der Waals surface area contributed by atoms with Crippen molar-refractivity contribution < 1.29 is 4.92 Å². The van der Waals surface area contributed by atoms with Crippen LogP contribution in [-0.4, -0.2) is 9.91 Å². The Labute approximate surface area is 82.3 Å². The molecule has 0 unspecified atom stereocenters. The second kappa shape index (κ2) is 3.96. The van der Waals surface area contributed by atoms with Gasteiger partial charge in [0, 0.05) is 0 Å². The first-order valence-electron chi connectivity index (χ1n) is 3.31. The quantitative estimate of drug-likeness (QED) is 0.585. The summed E-state index contributed by atoms with van der Waals surface area (Å²) in [6.45, 7) is 0. The molecule has 0 spiro atoms. The van der Waals surface area contributed by atoms with E-state index in [9.17, 15) is 10.1 Å². The van der Waals surface area contributed by atoms with Crippen molar-refractivity contribution in [3.05, 3.63) is 32.4 Å². The van der Waals surface area contributed by atoms with Gasteiger partial charge >= 0.3 is 5.82 Å². The van der Waals surface area contributed by atoms with E-state index in [-0.39, 0.29) is 16.7 Å². The van der Waals surface area contributed by atoms with Gasteiger partial charge in [-0.3, -0.25) is 0 Å². The van der Waals surface area contributed by atoms with Gasteiger partial charge in [0.15, 0.2) is 0 Å². The molecule has 5 nitrogen and oxygen atoms in total. The highest BCUT2D eigenvalue weighted by Crippen LogP contribution is 2.25. The molecule has 0 saturated heterocycles. The molecule has 13 heavy (non-hydrogen) atoms. The number of nitrogens with zero attached hydrogens (tertiary/aromatic N) is 3. The monoisotopic (exact) mass is 241 g/mol. The number of pyridine rings is 1. The van der Waals surface area contributed by atoms with Gasteiger partial charge in [0.05, 0.1) is 12.5 Å². The summed E-state index contributed by atoms with van der Waals surface area (Å²) in [7, 11) is 0. The molecule has 0 saturated carbocycles. The predicted molar refractivity (Wildman–Crippen MR) is 47.9 cm³/mol. The van der Waals surface area contributed by atoms with E-state index >= 15 is 0 Å². The Kier molecular flexibility index (Phi) is 2.93. The number of hydrogen-bond donors (Lipinski definition) is 0. The highest BCUT2D eigenvalue weighted by molar-refractivity contribution is 9.10. The van der Waals surface area contributed by atoms with Crippen LogP contribution in [-0.2, 0) is 6.42 Å². The van der Waals surface area contributed by atoms with Crippen molar-refractivity contribution in [2.45, 2.75) is 6.42 Å². The third-order valence-electron chi connectivity index (χ3n) is 1.39. The molecular weight excluding hydrogens is 238 g/mol. The average molecular weight is 242 g/mol. The molecule has 1 heterocycles. The van der Waals surface area contributed by atoms with Crippen molar-refractivity contribution in [1.82, 2.24) is 4.98 Å². The van der Waals surface area contributed by atoms with Crippen molar-refractivity contribution >= 4 is 21.7 Å². The number of aromatic nitrogens is 1. The third kappa shape index (κ3) is 2.00. The number of hydrogen-bond acceptors (Lipinski definition) is 4. The van der Waals surface area contributed by atoms with Crippen molar-refractivity contribution in [2.24, 2.45) is 0 Å². The van der Waals surface area contributed by atoms with Gasteiger partial charge in [0.2, 0.25) is 0 Å². The molecule has 1 aromatic heterocycles. The summed E-state index contributed by atoms with van der Waals surface area (Å²) in [5.74, 6) is -0.257. The summed E-state index contributed by atoms with van der Waals surface area (Å²) in [5.41, 5.74) is 0.573. The Balaban J connectivity index is 3.20. The van der Waals surface area contributed by atoms with Gasteiger partial charge in [-0.1, -0.05) is 0 Å². The van der Waals surface area contributed by atoms with Crippen LogP contribution < -0.4 is 0 Å².